The molecule has 0 fully saturated rings. The molecule has 1 aliphatic rings. The van der Waals surface area contributed by atoms with Crippen LogP contribution in [-0.2, 0) is 9.53 Å². The molecular weight excluding hydrogens is 508 g/mol. The van der Waals surface area contributed by atoms with Crippen LogP contribution in [0.1, 0.15) is 44.9 Å². The van der Waals surface area contributed by atoms with E-state index in [1.807, 2.05) is 24.3 Å². The Kier molecular flexibility index (Phi) is 6.44. The van der Waals surface area contributed by atoms with Gasteiger partial charge in [-0.05, 0) is 43.7 Å². The van der Waals surface area contributed by atoms with Crippen molar-refractivity contribution < 1.29 is 23.9 Å². The van der Waals surface area contributed by atoms with E-state index in [-0.39, 0.29) is 23.3 Å². The molecule has 0 saturated heterocycles. The minimum absolute atomic E-state index is 0.174. The van der Waals surface area contributed by atoms with Gasteiger partial charge in [-0.2, -0.15) is 0 Å². The molecule has 9 heteroatoms. The summed E-state index contributed by atoms with van der Waals surface area (Å²) < 4.78 is 6.11. The molecule has 3 aromatic rings. The maximum absolute atomic E-state index is 13.1. The van der Waals surface area contributed by atoms with E-state index in [9.17, 15) is 19.2 Å². The quantitative estimate of drug-likeness (QED) is 0.361. The molecule has 1 aliphatic heterocycles. The zero-order valence-electron chi connectivity index (χ0n) is 17.8. The smallest absolute Gasteiger partial charge is 0.341 e. The minimum atomic E-state index is -1.08. The van der Waals surface area contributed by atoms with Gasteiger partial charge in [0.15, 0.2) is 0 Å². The minimum Gasteiger partial charge on any atom is -0.462 e. The van der Waals surface area contributed by atoms with Crippen molar-refractivity contribution in [1.82, 2.24) is 4.90 Å². The standard InChI is InChI=1S/C24H19BrN2O5S/c1-3-32-24(31)19-18(14-8-10-15(25)11-9-14)12-33-21(19)26-20(28)13(2)27-22(29)16-6-4-5-7-17(16)23(27)30/h4-13H,3H2,1-2H3,(H,26,28). The number of nitrogens with zero attached hydrogens (tertiary/aromatic N) is 1. The topological polar surface area (TPSA) is 92.8 Å². The van der Waals surface area contributed by atoms with E-state index in [1.165, 1.54) is 18.3 Å². The molecule has 7 nitrogen and oxygen atoms in total. The Morgan fingerprint density at radius 3 is 2.21 bits per heavy atom. The van der Waals surface area contributed by atoms with Gasteiger partial charge < -0.3 is 10.1 Å². The normalized spacial score (nSPS) is 13.6. The van der Waals surface area contributed by atoms with Gasteiger partial charge in [0.2, 0.25) is 5.91 Å². The molecule has 168 valence electrons. The van der Waals surface area contributed by atoms with Crippen molar-refractivity contribution >= 4 is 56.0 Å². The van der Waals surface area contributed by atoms with Crippen molar-refractivity contribution in [2.75, 3.05) is 11.9 Å². The fraction of sp³-hybridized carbons (Fsp3) is 0.167. The van der Waals surface area contributed by atoms with Crippen LogP contribution in [0, 0.1) is 0 Å². The third kappa shape index (κ3) is 4.21. The number of thiophene rings is 1. The van der Waals surface area contributed by atoms with Gasteiger partial charge in [-0.3, -0.25) is 19.3 Å². The molecule has 1 atom stereocenters. The Morgan fingerprint density at radius 1 is 1.03 bits per heavy atom. The number of anilines is 1. The van der Waals surface area contributed by atoms with Gasteiger partial charge in [0.1, 0.15) is 16.6 Å². The van der Waals surface area contributed by atoms with E-state index in [2.05, 4.69) is 21.2 Å². The van der Waals surface area contributed by atoms with Crippen molar-refractivity contribution in [3.8, 4) is 11.1 Å². The zero-order valence-corrected chi connectivity index (χ0v) is 20.2. The number of esters is 1. The van der Waals surface area contributed by atoms with Gasteiger partial charge >= 0.3 is 5.97 Å². The SMILES string of the molecule is CCOC(=O)c1c(-c2ccc(Br)cc2)csc1NC(=O)C(C)N1C(=O)c2ccccc2C1=O. The average Bonchev–Trinajstić information content (AvgIpc) is 3.33. The molecule has 0 saturated carbocycles. The number of benzene rings is 2. The first kappa shape index (κ1) is 22.9. The summed E-state index contributed by atoms with van der Waals surface area (Å²) in [6.07, 6.45) is 0. The number of rotatable bonds is 6. The lowest BCUT2D eigenvalue weighted by molar-refractivity contribution is -0.119. The van der Waals surface area contributed by atoms with E-state index >= 15 is 0 Å². The Balaban J connectivity index is 1.63. The van der Waals surface area contributed by atoms with Crippen LogP contribution in [0.3, 0.4) is 0 Å². The van der Waals surface area contributed by atoms with Crippen molar-refractivity contribution in [2.24, 2.45) is 0 Å². The number of carbonyl (C=O) groups is 4. The first-order valence-corrected chi connectivity index (χ1v) is 11.8. The highest BCUT2D eigenvalue weighted by Crippen LogP contribution is 2.37. The number of fused-ring (bicyclic) bond motifs is 1. The summed E-state index contributed by atoms with van der Waals surface area (Å²) in [5.41, 5.74) is 2.17. The summed E-state index contributed by atoms with van der Waals surface area (Å²) in [5, 5.41) is 4.77. The van der Waals surface area contributed by atoms with Gasteiger partial charge in [0.25, 0.3) is 11.8 Å². The number of amides is 3. The Bertz CT molecular complexity index is 1230. The fourth-order valence-corrected chi connectivity index (χ4v) is 4.82. The molecule has 0 bridgehead atoms. The van der Waals surface area contributed by atoms with Crippen molar-refractivity contribution in [1.29, 1.82) is 0 Å². The van der Waals surface area contributed by atoms with Crippen molar-refractivity contribution in [2.45, 2.75) is 19.9 Å². The van der Waals surface area contributed by atoms with Gasteiger partial charge in [0, 0.05) is 15.4 Å². The Morgan fingerprint density at radius 2 is 1.64 bits per heavy atom. The third-order valence-corrected chi connectivity index (χ3v) is 6.68. The van der Waals surface area contributed by atoms with E-state index in [0.717, 1.165) is 14.9 Å². The van der Waals surface area contributed by atoms with E-state index in [0.29, 0.717) is 10.6 Å². The second-order valence-corrected chi connectivity index (χ2v) is 9.07. The molecular formula is C24H19BrN2O5S. The number of imide groups is 1. The molecule has 0 radical (unpaired) electrons. The lowest BCUT2D eigenvalue weighted by Crippen LogP contribution is -2.45. The second-order valence-electron chi connectivity index (χ2n) is 7.27. The van der Waals surface area contributed by atoms with Crippen LogP contribution in [0.15, 0.2) is 58.4 Å². The molecule has 4 rings (SSSR count). The van der Waals surface area contributed by atoms with E-state index in [1.54, 1.807) is 36.6 Å². The summed E-state index contributed by atoms with van der Waals surface area (Å²) in [4.78, 5) is 52.2. The summed E-state index contributed by atoms with van der Waals surface area (Å²) in [6.45, 7) is 3.35. The van der Waals surface area contributed by atoms with Crippen LogP contribution >= 0.6 is 27.3 Å². The van der Waals surface area contributed by atoms with Gasteiger partial charge in [-0.25, -0.2) is 4.79 Å². The number of hydrogen-bond donors (Lipinski definition) is 1. The molecule has 1 aromatic heterocycles. The number of carbonyl (C=O) groups excluding carboxylic acids is 4. The predicted octanol–water partition coefficient (Wildman–Crippen LogP) is 4.98. The largest absolute Gasteiger partial charge is 0.462 e. The zero-order chi connectivity index (χ0) is 23.7. The number of hydrogen-bond acceptors (Lipinski definition) is 6. The molecule has 2 aromatic carbocycles. The second kappa shape index (κ2) is 9.29. The summed E-state index contributed by atoms with van der Waals surface area (Å²) >= 11 is 4.56. The molecule has 3 amide bonds. The molecule has 1 N–H and O–H groups in total. The maximum Gasteiger partial charge on any atom is 0.341 e. The summed E-state index contributed by atoms with van der Waals surface area (Å²) in [7, 11) is 0. The van der Waals surface area contributed by atoms with Gasteiger partial charge in [-0.1, -0.05) is 40.2 Å². The van der Waals surface area contributed by atoms with Gasteiger partial charge in [0.05, 0.1) is 17.7 Å². The van der Waals surface area contributed by atoms with Crippen LogP contribution in [0.25, 0.3) is 11.1 Å². The maximum atomic E-state index is 13.1. The first-order valence-electron chi connectivity index (χ1n) is 10.2. The van der Waals surface area contributed by atoms with Crippen LogP contribution in [0.5, 0.6) is 0 Å². The number of ether oxygens (including phenoxy) is 1. The molecule has 0 spiro atoms. The third-order valence-electron chi connectivity index (χ3n) is 5.25. The molecule has 33 heavy (non-hydrogen) atoms. The van der Waals surface area contributed by atoms with E-state index < -0.39 is 29.7 Å². The first-order chi connectivity index (χ1) is 15.8. The van der Waals surface area contributed by atoms with Crippen LogP contribution < -0.4 is 5.32 Å². The number of halogens is 1. The lowest BCUT2D eigenvalue weighted by atomic mass is 10.0. The Hall–Kier alpha value is -3.30. The summed E-state index contributed by atoms with van der Waals surface area (Å²) in [5.74, 6) is -2.20. The highest BCUT2D eigenvalue weighted by atomic mass is 79.9. The average molecular weight is 527 g/mol. The van der Waals surface area contributed by atoms with E-state index in [4.69, 9.17) is 4.74 Å². The predicted molar refractivity (Wildman–Crippen MR) is 128 cm³/mol. The summed E-state index contributed by atoms with van der Waals surface area (Å²) in [6, 6.07) is 12.8. The van der Waals surface area contributed by atoms with Crippen LogP contribution in [0.4, 0.5) is 5.00 Å². The van der Waals surface area contributed by atoms with Gasteiger partial charge in [-0.15, -0.1) is 11.3 Å². The Labute approximate surface area is 202 Å². The highest BCUT2D eigenvalue weighted by Gasteiger charge is 2.41. The molecule has 0 aliphatic carbocycles. The molecule has 1 unspecified atom stereocenters. The fourth-order valence-electron chi connectivity index (χ4n) is 3.59. The lowest BCUT2D eigenvalue weighted by Gasteiger charge is -2.21. The van der Waals surface area contributed by atoms with Crippen molar-refractivity contribution in [3.05, 3.63) is 75.1 Å². The van der Waals surface area contributed by atoms with Crippen LogP contribution in [-0.4, -0.2) is 41.2 Å². The van der Waals surface area contributed by atoms with Crippen LogP contribution in [0.2, 0.25) is 0 Å². The molecule has 2 heterocycles. The highest BCUT2D eigenvalue weighted by molar-refractivity contribution is 9.10. The van der Waals surface area contributed by atoms with Crippen molar-refractivity contribution in [3.63, 3.8) is 0 Å². The number of nitrogens with one attached hydrogen (secondary N) is 1. The monoisotopic (exact) mass is 526 g/mol.